The molecule has 0 spiro atoms. The van der Waals surface area contributed by atoms with Gasteiger partial charge in [0.05, 0.1) is 12.7 Å². The number of carboxylic acid groups (broad SMARTS) is 1. The first-order chi connectivity index (χ1) is 9.06. The summed E-state index contributed by atoms with van der Waals surface area (Å²) >= 11 is 0. The van der Waals surface area contributed by atoms with Crippen molar-refractivity contribution in [2.24, 2.45) is 5.92 Å². The number of carbonyl (C=O) groups is 1. The summed E-state index contributed by atoms with van der Waals surface area (Å²) in [5, 5.41) is 18.8. The summed E-state index contributed by atoms with van der Waals surface area (Å²) < 4.78 is 5.58. The first kappa shape index (κ1) is 15.5. The van der Waals surface area contributed by atoms with E-state index in [0.29, 0.717) is 12.4 Å². The third-order valence-corrected chi connectivity index (χ3v) is 3.18. The van der Waals surface area contributed by atoms with Crippen molar-refractivity contribution in [1.82, 2.24) is 0 Å². The van der Waals surface area contributed by atoms with E-state index in [1.54, 1.807) is 25.1 Å². The Morgan fingerprint density at radius 1 is 1.37 bits per heavy atom. The van der Waals surface area contributed by atoms with Crippen molar-refractivity contribution in [3.05, 3.63) is 29.8 Å². The van der Waals surface area contributed by atoms with Crippen molar-refractivity contribution < 1.29 is 19.7 Å². The molecule has 0 aliphatic carbocycles. The third kappa shape index (κ3) is 4.91. The highest BCUT2D eigenvalue weighted by Crippen LogP contribution is 2.21. The molecule has 4 nitrogen and oxygen atoms in total. The van der Waals surface area contributed by atoms with Gasteiger partial charge in [0.25, 0.3) is 0 Å². The van der Waals surface area contributed by atoms with Crippen molar-refractivity contribution in [2.45, 2.75) is 39.2 Å². The van der Waals surface area contributed by atoms with E-state index in [2.05, 4.69) is 6.92 Å². The van der Waals surface area contributed by atoms with Crippen LogP contribution in [-0.2, 0) is 0 Å². The number of para-hydroxylation sites is 1. The Hall–Kier alpha value is -1.55. The van der Waals surface area contributed by atoms with Crippen LogP contribution in [0.25, 0.3) is 0 Å². The highest BCUT2D eigenvalue weighted by atomic mass is 16.5. The fourth-order valence-electron chi connectivity index (χ4n) is 1.90. The van der Waals surface area contributed by atoms with Gasteiger partial charge in [-0.3, -0.25) is 0 Å². The van der Waals surface area contributed by atoms with Gasteiger partial charge in [-0.25, -0.2) is 4.79 Å². The molecule has 0 heterocycles. The molecule has 1 rings (SSSR count). The van der Waals surface area contributed by atoms with Crippen LogP contribution in [-0.4, -0.2) is 28.9 Å². The quantitative estimate of drug-likeness (QED) is 0.759. The standard InChI is InChI=1S/C15H22O4/c1-3-4-7-12(11(2)16)10-19-14-9-6-5-8-13(14)15(17)18/h5-6,8-9,11-12,16H,3-4,7,10H2,1-2H3,(H,17,18). The van der Waals surface area contributed by atoms with E-state index in [1.807, 2.05) is 0 Å². The molecule has 0 radical (unpaired) electrons. The topological polar surface area (TPSA) is 66.8 Å². The second-order valence-corrected chi connectivity index (χ2v) is 4.76. The van der Waals surface area contributed by atoms with Gasteiger partial charge in [-0.15, -0.1) is 0 Å². The van der Waals surface area contributed by atoms with E-state index in [0.717, 1.165) is 19.3 Å². The van der Waals surface area contributed by atoms with Crippen LogP contribution in [0, 0.1) is 5.92 Å². The van der Waals surface area contributed by atoms with Crippen molar-refractivity contribution in [3.8, 4) is 5.75 Å². The highest BCUT2D eigenvalue weighted by molar-refractivity contribution is 5.90. The van der Waals surface area contributed by atoms with Gasteiger partial charge >= 0.3 is 5.97 Å². The lowest BCUT2D eigenvalue weighted by atomic mass is 9.98. The highest BCUT2D eigenvalue weighted by Gasteiger charge is 2.17. The summed E-state index contributed by atoms with van der Waals surface area (Å²) in [5.41, 5.74) is 0.155. The largest absolute Gasteiger partial charge is 0.492 e. The van der Waals surface area contributed by atoms with Gasteiger partial charge in [0.2, 0.25) is 0 Å². The lowest BCUT2D eigenvalue weighted by molar-refractivity contribution is 0.0679. The fraction of sp³-hybridized carbons (Fsp3) is 0.533. The second-order valence-electron chi connectivity index (χ2n) is 4.76. The monoisotopic (exact) mass is 266 g/mol. The SMILES string of the molecule is CCCCC(COc1ccccc1C(=O)O)C(C)O. The smallest absolute Gasteiger partial charge is 0.339 e. The normalized spacial score (nSPS) is 13.8. The first-order valence-corrected chi connectivity index (χ1v) is 6.69. The predicted octanol–water partition coefficient (Wildman–Crippen LogP) is 2.95. The molecule has 0 aliphatic heterocycles. The molecule has 1 aromatic carbocycles. The summed E-state index contributed by atoms with van der Waals surface area (Å²) in [6.45, 7) is 4.18. The maximum atomic E-state index is 11.0. The Labute approximate surface area is 114 Å². The van der Waals surface area contributed by atoms with Gasteiger partial charge in [0.15, 0.2) is 0 Å². The predicted molar refractivity (Wildman–Crippen MR) is 73.6 cm³/mol. The Kier molecular flexibility index (Phi) is 6.36. The fourth-order valence-corrected chi connectivity index (χ4v) is 1.90. The van der Waals surface area contributed by atoms with Crippen molar-refractivity contribution in [1.29, 1.82) is 0 Å². The molecule has 0 aliphatic rings. The minimum Gasteiger partial charge on any atom is -0.492 e. The molecular weight excluding hydrogens is 244 g/mol. The average Bonchev–Trinajstić information content (AvgIpc) is 2.38. The first-order valence-electron chi connectivity index (χ1n) is 6.69. The van der Waals surface area contributed by atoms with Crippen LogP contribution in [0.2, 0.25) is 0 Å². The Morgan fingerprint density at radius 2 is 2.05 bits per heavy atom. The van der Waals surface area contributed by atoms with Crippen LogP contribution < -0.4 is 4.74 Å². The molecule has 0 fully saturated rings. The van der Waals surface area contributed by atoms with Crippen LogP contribution >= 0.6 is 0 Å². The summed E-state index contributed by atoms with van der Waals surface area (Å²) in [6, 6.07) is 6.56. The maximum absolute atomic E-state index is 11.0. The number of aliphatic hydroxyl groups excluding tert-OH is 1. The van der Waals surface area contributed by atoms with Crippen LogP contribution in [0.4, 0.5) is 0 Å². The lowest BCUT2D eigenvalue weighted by Crippen LogP contribution is -2.24. The lowest BCUT2D eigenvalue weighted by Gasteiger charge is -2.20. The molecule has 1 aromatic rings. The molecule has 2 N–H and O–H groups in total. The number of ether oxygens (including phenoxy) is 1. The van der Waals surface area contributed by atoms with Gasteiger partial charge in [-0.1, -0.05) is 31.9 Å². The van der Waals surface area contributed by atoms with Gasteiger partial charge in [-0.2, -0.15) is 0 Å². The number of hydrogen-bond donors (Lipinski definition) is 2. The zero-order valence-electron chi connectivity index (χ0n) is 11.5. The Morgan fingerprint density at radius 3 is 2.63 bits per heavy atom. The molecule has 4 heteroatoms. The molecule has 2 atom stereocenters. The molecule has 19 heavy (non-hydrogen) atoms. The van der Waals surface area contributed by atoms with Gasteiger partial charge < -0.3 is 14.9 Å². The van der Waals surface area contributed by atoms with E-state index in [9.17, 15) is 9.90 Å². The van der Waals surface area contributed by atoms with Crippen molar-refractivity contribution in [3.63, 3.8) is 0 Å². The number of aromatic carboxylic acids is 1. The number of carboxylic acids is 1. The van der Waals surface area contributed by atoms with E-state index in [1.165, 1.54) is 6.07 Å². The maximum Gasteiger partial charge on any atom is 0.339 e. The zero-order valence-corrected chi connectivity index (χ0v) is 11.5. The van der Waals surface area contributed by atoms with E-state index in [4.69, 9.17) is 9.84 Å². The minimum atomic E-state index is -1.00. The molecule has 0 bridgehead atoms. The molecule has 2 unspecified atom stereocenters. The van der Waals surface area contributed by atoms with Gasteiger partial charge in [0.1, 0.15) is 11.3 Å². The van der Waals surface area contributed by atoms with E-state index < -0.39 is 12.1 Å². The molecular formula is C15H22O4. The molecule has 106 valence electrons. The Bertz CT molecular complexity index is 401. The molecule has 0 amide bonds. The number of aliphatic hydroxyl groups is 1. The number of benzene rings is 1. The van der Waals surface area contributed by atoms with Crippen LogP contribution in [0.15, 0.2) is 24.3 Å². The number of rotatable bonds is 8. The number of hydrogen-bond acceptors (Lipinski definition) is 3. The molecule has 0 saturated carbocycles. The summed E-state index contributed by atoms with van der Waals surface area (Å²) in [7, 11) is 0. The van der Waals surface area contributed by atoms with Crippen LogP contribution in [0.5, 0.6) is 5.75 Å². The Balaban J connectivity index is 2.66. The molecule has 0 aromatic heterocycles. The van der Waals surface area contributed by atoms with E-state index >= 15 is 0 Å². The van der Waals surface area contributed by atoms with Gasteiger partial charge in [0, 0.05) is 5.92 Å². The number of unbranched alkanes of at least 4 members (excludes halogenated alkanes) is 1. The summed E-state index contributed by atoms with van der Waals surface area (Å²) in [5.74, 6) is -0.614. The summed E-state index contributed by atoms with van der Waals surface area (Å²) in [6.07, 6.45) is 2.52. The summed E-state index contributed by atoms with van der Waals surface area (Å²) in [4.78, 5) is 11.0. The average molecular weight is 266 g/mol. The second kappa shape index (κ2) is 7.79. The van der Waals surface area contributed by atoms with Crippen LogP contribution in [0.3, 0.4) is 0 Å². The van der Waals surface area contributed by atoms with Crippen molar-refractivity contribution in [2.75, 3.05) is 6.61 Å². The molecule has 0 saturated heterocycles. The van der Waals surface area contributed by atoms with Crippen molar-refractivity contribution >= 4 is 5.97 Å². The zero-order chi connectivity index (χ0) is 14.3. The van der Waals surface area contributed by atoms with Crippen LogP contribution in [0.1, 0.15) is 43.5 Å². The third-order valence-electron chi connectivity index (χ3n) is 3.18. The van der Waals surface area contributed by atoms with E-state index in [-0.39, 0.29) is 11.5 Å². The minimum absolute atomic E-state index is 0.0294. The van der Waals surface area contributed by atoms with Gasteiger partial charge in [-0.05, 0) is 25.5 Å².